The van der Waals surface area contributed by atoms with E-state index in [-0.39, 0.29) is 0 Å². The first-order valence-electron chi connectivity index (χ1n) is 3.20. The fraction of sp³-hybridized carbons (Fsp3) is 0.800. The molecule has 0 fully saturated rings. The smallest absolute Gasteiger partial charge is 0.328 e. The van der Waals surface area contributed by atoms with E-state index in [4.69, 9.17) is 15.7 Å². The molecule has 0 aliphatic carbocycles. The van der Waals surface area contributed by atoms with Crippen molar-refractivity contribution in [1.29, 1.82) is 0 Å². The minimum absolute atomic E-state index is 0.449. The first kappa shape index (κ1) is 11.6. The monoisotopic (exact) mass is 197 g/mol. The third-order valence-corrected chi connectivity index (χ3v) is 2.83. The molecular weight excluding hydrogens is 185 g/mol. The van der Waals surface area contributed by atoms with Crippen molar-refractivity contribution < 1.29 is 23.9 Å². The number of nitrogens with two attached hydrogens (primary N) is 1. The van der Waals surface area contributed by atoms with Crippen molar-refractivity contribution in [3.63, 3.8) is 0 Å². The van der Waals surface area contributed by atoms with Crippen LogP contribution in [0.2, 0.25) is 0 Å². The van der Waals surface area contributed by atoms with Crippen LogP contribution in [0, 0.1) is 5.92 Å². The number of carbonyl (C=O) groups excluding carboxylic acids is 1. The van der Waals surface area contributed by atoms with E-state index in [1.807, 2.05) is 0 Å². The molecule has 0 heterocycles. The van der Waals surface area contributed by atoms with Crippen molar-refractivity contribution in [2.45, 2.75) is 0 Å². The highest BCUT2D eigenvalue weighted by atomic mass is 31.2. The molecule has 6 nitrogen and oxygen atoms in total. The molecule has 0 saturated heterocycles. The molecule has 0 aliphatic rings. The van der Waals surface area contributed by atoms with Gasteiger partial charge in [0.15, 0.2) is 0 Å². The van der Waals surface area contributed by atoms with Crippen molar-refractivity contribution in [1.82, 2.24) is 0 Å². The highest BCUT2D eigenvalue weighted by Crippen LogP contribution is 2.42. The van der Waals surface area contributed by atoms with Gasteiger partial charge in [0.2, 0.25) is 5.91 Å². The molecule has 4 N–H and O–H groups in total. The van der Waals surface area contributed by atoms with Gasteiger partial charge in [-0.2, -0.15) is 0 Å². The molecule has 0 aromatic rings. The topological polar surface area (TPSA) is 110 Å². The van der Waals surface area contributed by atoms with E-state index < -0.39 is 32.2 Å². The van der Waals surface area contributed by atoms with Crippen LogP contribution in [-0.2, 0) is 13.9 Å². The maximum Gasteiger partial charge on any atom is 0.328 e. The van der Waals surface area contributed by atoms with Crippen LogP contribution >= 0.6 is 7.60 Å². The van der Waals surface area contributed by atoms with Gasteiger partial charge in [-0.1, -0.05) is 0 Å². The number of aliphatic hydroxyl groups is 1. The van der Waals surface area contributed by atoms with E-state index in [9.17, 15) is 9.36 Å². The number of hydrogen-bond donors (Lipinski definition) is 3. The zero-order valence-electron chi connectivity index (χ0n) is 6.64. The molecule has 0 saturated carbocycles. The van der Waals surface area contributed by atoms with Crippen molar-refractivity contribution in [3.05, 3.63) is 0 Å². The lowest BCUT2D eigenvalue weighted by Gasteiger charge is -2.13. The molecule has 2 atom stereocenters. The fourth-order valence-corrected chi connectivity index (χ4v) is 1.59. The van der Waals surface area contributed by atoms with Crippen LogP contribution in [-0.4, -0.2) is 35.8 Å². The Hall–Kier alpha value is -0.420. The normalized spacial score (nSPS) is 18.2. The highest BCUT2D eigenvalue weighted by molar-refractivity contribution is 7.52. The van der Waals surface area contributed by atoms with E-state index in [2.05, 4.69) is 4.52 Å². The standard InChI is InChI=1S/C5H12NO5P/c1-11-12(9,10)3-4(2-7)5(6)8/h4,7H,2-3H2,1H3,(H2,6,8)(H,9,10). The lowest BCUT2D eigenvalue weighted by Crippen LogP contribution is -2.29. The van der Waals surface area contributed by atoms with Crippen LogP contribution in [0.3, 0.4) is 0 Å². The maximum absolute atomic E-state index is 10.9. The van der Waals surface area contributed by atoms with Gasteiger partial charge < -0.3 is 20.3 Å². The Morgan fingerprint density at radius 1 is 1.75 bits per heavy atom. The van der Waals surface area contributed by atoms with Gasteiger partial charge in [-0.15, -0.1) is 0 Å². The molecule has 0 aromatic carbocycles. The van der Waals surface area contributed by atoms with E-state index >= 15 is 0 Å². The number of primary amides is 1. The van der Waals surface area contributed by atoms with Gasteiger partial charge in [-0.25, -0.2) is 0 Å². The number of amides is 1. The molecule has 0 radical (unpaired) electrons. The molecule has 0 rings (SSSR count). The molecule has 1 amide bonds. The lowest BCUT2D eigenvalue weighted by molar-refractivity contribution is -0.122. The van der Waals surface area contributed by atoms with Gasteiger partial charge in [-0.05, 0) is 0 Å². The summed E-state index contributed by atoms with van der Waals surface area (Å²) < 4.78 is 15.1. The fourth-order valence-electron chi connectivity index (χ4n) is 0.591. The molecule has 12 heavy (non-hydrogen) atoms. The average Bonchev–Trinajstić information content (AvgIpc) is 2.00. The van der Waals surface area contributed by atoms with Gasteiger partial charge in [0.1, 0.15) is 0 Å². The summed E-state index contributed by atoms with van der Waals surface area (Å²) in [6, 6.07) is 0. The predicted octanol–water partition coefficient (Wildman–Crippen LogP) is -1.09. The number of hydrogen-bond acceptors (Lipinski definition) is 4. The lowest BCUT2D eigenvalue weighted by atomic mass is 10.2. The summed E-state index contributed by atoms with van der Waals surface area (Å²) in [7, 11) is -2.71. The highest BCUT2D eigenvalue weighted by Gasteiger charge is 2.26. The van der Waals surface area contributed by atoms with Crippen LogP contribution in [0.4, 0.5) is 0 Å². The Balaban J connectivity index is 4.21. The SMILES string of the molecule is COP(=O)(O)CC(CO)C(N)=O. The zero-order valence-corrected chi connectivity index (χ0v) is 7.53. The Kier molecular flexibility index (Phi) is 4.41. The van der Waals surface area contributed by atoms with E-state index in [0.717, 1.165) is 7.11 Å². The summed E-state index contributed by atoms with van der Waals surface area (Å²) in [5.74, 6) is -1.84. The summed E-state index contributed by atoms with van der Waals surface area (Å²) >= 11 is 0. The van der Waals surface area contributed by atoms with Crippen molar-refractivity contribution in [3.8, 4) is 0 Å². The summed E-state index contributed by atoms with van der Waals surface area (Å²) in [5.41, 5.74) is 4.82. The van der Waals surface area contributed by atoms with E-state index in [1.165, 1.54) is 0 Å². The van der Waals surface area contributed by atoms with Crippen LogP contribution in [0.5, 0.6) is 0 Å². The van der Waals surface area contributed by atoms with E-state index in [1.54, 1.807) is 0 Å². The predicted molar refractivity (Wildman–Crippen MR) is 41.5 cm³/mol. The Morgan fingerprint density at radius 2 is 2.25 bits per heavy atom. The molecular formula is C5H12NO5P. The van der Waals surface area contributed by atoms with Gasteiger partial charge >= 0.3 is 7.60 Å². The Labute approximate surface area is 69.9 Å². The number of aliphatic hydroxyl groups excluding tert-OH is 1. The Bertz CT molecular complexity index is 206. The average molecular weight is 197 g/mol. The molecule has 72 valence electrons. The van der Waals surface area contributed by atoms with Crippen LogP contribution in [0.15, 0.2) is 0 Å². The van der Waals surface area contributed by atoms with E-state index in [0.29, 0.717) is 0 Å². The van der Waals surface area contributed by atoms with Crippen molar-refractivity contribution in [2.24, 2.45) is 11.7 Å². The van der Waals surface area contributed by atoms with Gasteiger partial charge in [0.05, 0.1) is 18.7 Å². The minimum atomic E-state index is -3.76. The van der Waals surface area contributed by atoms with Crippen LogP contribution in [0.25, 0.3) is 0 Å². The number of carbonyl (C=O) groups is 1. The second kappa shape index (κ2) is 4.57. The van der Waals surface area contributed by atoms with Crippen molar-refractivity contribution in [2.75, 3.05) is 19.9 Å². The summed E-state index contributed by atoms with van der Waals surface area (Å²) in [6.07, 6.45) is -0.449. The molecule has 0 spiro atoms. The summed E-state index contributed by atoms with van der Waals surface area (Å²) in [6.45, 7) is -0.552. The van der Waals surface area contributed by atoms with Gasteiger partial charge in [0, 0.05) is 7.11 Å². The first-order chi connectivity index (χ1) is 5.43. The second-order valence-electron chi connectivity index (χ2n) is 2.28. The molecule has 0 aromatic heterocycles. The third kappa shape index (κ3) is 3.82. The number of rotatable bonds is 5. The molecule has 2 unspecified atom stereocenters. The molecule has 7 heteroatoms. The van der Waals surface area contributed by atoms with Gasteiger partial charge in [-0.3, -0.25) is 9.36 Å². The summed E-state index contributed by atoms with van der Waals surface area (Å²) in [5, 5.41) is 8.57. The van der Waals surface area contributed by atoms with Gasteiger partial charge in [0.25, 0.3) is 0 Å². The maximum atomic E-state index is 10.9. The third-order valence-electron chi connectivity index (χ3n) is 1.36. The minimum Gasteiger partial charge on any atom is -0.396 e. The summed E-state index contributed by atoms with van der Waals surface area (Å²) in [4.78, 5) is 19.4. The van der Waals surface area contributed by atoms with Crippen LogP contribution < -0.4 is 5.73 Å². The van der Waals surface area contributed by atoms with Crippen molar-refractivity contribution >= 4 is 13.5 Å². The Morgan fingerprint density at radius 3 is 2.50 bits per heavy atom. The largest absolute Gasteiger partial charge is 0.396 e. The molecule has 0 bridgehead atoms. The zero-order chi connectivity index (χ0) is 9.78. The second-order valence-corrected chi connectivity index (χ2v) is 4.29. The quantitative estimate of drug-likeness (QED) is 0.485. The first-order valence-corrected chi connectivity index (χ1v) is 4.97. The molecule has 0 aliphatic heterocycles. The van der Waals surface area contributed by atoms with Crippen LogP contribution in [0.1, 0.15) is 0 Å².